The van der Waals surface area contributed by atoms with Crippen LogP contribution in [0.25, 0.3) is 5.82 Å². The lowest BCUT2D eigenvalue weighted by atomic mass is 10.2. The highest BCUT2D eigenvalue weighted by Gasteiger charge is 2.18. The summed E-state index contributed by atoms with van der Waals surface area (Å²) in [5, 5.41) is 0. The van der Waals surface area contributed by atoms with Crippen LogP contribution in [0, 0.1) is 0 Å². The maximum atomic E-state index is 12.5. The molecule has 3 rings (SSSR count). The van der Waals surface area contributed by atoms with Crippen LogP contribution in [0.1, 0.15) is 16.8 Å². The van der Waals surface area contributed by atoms with Crippen LogP contribution >= 0.6 is 0 Å². The fourth-order valence-electron chi connectivity index (χ4n) is 2.22. The Morgan fingerprint density at radius 3 is 3.05 bits per heavy atom. The van der Waals surface area contributed by atoms with Gasteiger partial charge in [-0.2, -0.15) is 0 Å². The largest absolute Gasteiger partial charge is 0.380 e. The van der Waals surface area contributed by atoms with Gasteiger partial charge in [-0.1, -0.05) is 0 Å². The zero-order chi connectivity index (χ0) is 13.8. The minimum absolute atomic E-state index is 0.0271. The Balaban J connectivity index is 1.82. The topological polar surface area (TPSA) is 60.2 Å². The van der Waals surface area contributed by atoms with E-state index in [1.54, 1.807) is 41.6 Å². The van der Waals surface area contributed by atoms with Crippen molar-refractivity contribution in [1.82, 2.24) is 19.4 Å². The van der Waals surface area contributed by atoms with Crippen molar-refractivity contribution < 1.29 is 9.53 Å². The number of carbonyl (C=O) groups excluding carboxylic acids is 1. The highest BCUT2D eigenvalue weighted by molar-refractivity contribution is 5.94. The molecule has 0 bridgehead atoms. The van der Waals surface area contributed by atoms with Crippen molar-refractivity contribution in [2.75, 3.05) is 26.3 Å². The first-order chi connectivity index (χ1) is 9.84. The number of hydrogen-bond acceptors (Lipinski definition) is 4. The van der Waals surface area contributed by atoms with Crippen molar-refractivity contribution in [3.05, 3.63) is 42.6 Å². The SMILES string of the molecule is O=C(c1ccnc(-n2ccnc2)c1)N1CCCOCC1. The van der Waals surface area contributed by atoms with Gasteiger partial charge in [0, 0.05) is 43.9 Å². The van der Waals surface area contributed by atoms with Gasteiger partial charge in [0.25, 0.3) is 5.91 Å². The molecule has 0 atom stereocenters. The Morgan fingerprint density at radius 1 is 1.25 bits per heavy atom. The second-order valence-electron chi connectivity index (χ2n) is 4.63. The van der Waals surface area contributed by atoms with Crippen molar-refractivity contribution in [1.29, 1.82) is 0 Å². The number of ether oxygens (including phenoxy) is 1. The molecule has 0 aromatic carbocycles. The van der Waals surface area contributed by atoms with E-state index in [1.807, 2.05) is 4.90 Å². The third-order valence-corrected chi connectivity index (χ3v) is 3.27. The van der Waals surface area contributed by atoms with Gasteiger partial charge in [-0.3, -0.25) is 9.36 Å². The number of rotatable bonds is 2. The van der Waals surface area contributed by atoms with Gasteiger partial charge in [-0.25, -0.2) is 9.97 Å². The maximum absolute atomic E-state index is 12.5. The summed E-state index contributed by atoms with van der Waals surface area (Å²) in [6.45, 7) is 2.70. The van der Waals surface area contributed by atoms with Gasteiger partial charge in [0.15, 0.2) is 0 Å². The molecular weight excluding hydrogens is 256 g/mol. The molecule has 6 nitrogen and oxygen atoms in total. The van der Waals surface area contributed by atoms with E-state index in [9.17, 15) is 4.79 Å². The molecular formula is C14H16N4O2. The number of hydrogen-bond donors (Lipinski definition) is 0. The second kappa shape index (κ2) is 5.83. The van der Waals surface area contributed by atoms with Crippen molar-refractivity contribution in [3.63, 3.8) is 0 Å². The van der Waals surface area contributed by atoms with E-state index in [4.69, 9.17) is 4.74 Å². The molecule has 20 heavy (non-hydrogen) atoms. The summed E-state index contributed by atoms with van der Waals surface area (Å²) in [4.78, 5) is 22.6. The van der Waals surface area contributed by atoms with E-state index in [-0.39, 0.29) is 5.91 Å². The van der Waals surface area contributed by atoms with Gasteiger partial charge >= 0.3 is 0 Å². The Labute approximate surface area is 117 Å². The first-order valence-electron chi connectivity index (χ1n) is 6.66. The van der Waals surface area contributed by atoms with Crippen molar-refractivity contribution in [2.24, 2.45) is 0 Å². The number of imidazole rings is 1. The Bertz CT molecular complexity index is 575. The molecule has 1 aliphatic rings. The third kappa shape index (κ3) is 2.70. The predicted octanol–water partition coefficient (Wildman–Crippen LogP) is 1.13. The van der Waals surface area contributed by atoms with Gasteiger partial charge in [0.1, 0.15) is 12.1 Å². The zero-order valence-electron chi connectivity index (χ0n) is 11.1. The predicted molar refractivity (Wildman–Crippen MR) is 72.7 cm³/mol. The number of pyridine rings is 1. The quantitative estimate of drug-likeness (QED) is 0.822. The summed E-state index contributed by atoms with van der Waals surface area (Å²) < 4.78 is 7.15. The number of carbonyl (C=O) groups is 1. The van der Waals surface area contributed by atoms with Gasteiger partial charge in [0.2, 0.25) is 0 Å². The van der Waals surface area contributed by atoms with Gasteiger partial charge in [0.05, 0.1) is 6.61 Å². The molecule has 104 valence electrons. The van der Waals surface area contributed by atoms with Crippen LogP contribution in [-0.2, 0) is 4.74 Å². The van der Waals surface area contributed by atoms with Crippen LogP contribution in [0.15, 0.2) is 37.1 Å². The summed E-state index contributed by atoms with van der Waals surface area (Å²) in [5.74, 6) is 0.721. The molecule has 0 unspecified atom stereocenters. The average Bonchev–Trinajstić information content (AvgIpc) is 2.89. The van der Waals surface area contributed by atoms with Gasteiger partial charge in [-0.15, -0.1) is 0 Å². The molecule has 0 radical (unpaired) electrons. The summed E-state index contributed by atoms with van der Waals surface area (Å²) in [6, 6.07) is 3.53. The molecule has 0 N–H and O–H groups in total. The minimum atomic E-state index is 0.0271. The summed E-state index contributed by atoms with van der Waals surface area (Å²) >= 11 is 0. The lowest BCUT2D eigenvalue weighted by Gasteiger charge is -2.19. The Hall–Kier alpha value is -2.21. The molecule has 0 spiro atoms. The third-order valence-electron chi connectivity index (χ3n) is 3.27. The molecule has 2 aromatic heterocycles. The first kappa shape index (κ1) is 12.8. The molecule has 6 heteroatoms. The first-order valence-corrected chi connectivity index (χ1v) is 6.66. The van der Waals surface area contributed by atoms with Crippen LogP contribution in [0.2, 0.25) is 0 Å². The Kier molecular flexibility index (Phi) is 3.73. The summed E-state index contributed by atoms with van der Waals surface area (Å²) in [6.07, 6.45) is 7.68. The van der Waals surface area contributed by atoms with Crippen LogP contribution in [0.3, 0.4) is 0 Å². The van der Waals surface area contributed by atoms with E-state index in [2.05, 4.69) is 9.97 Å². The standard InChI is InChI=1S/C14H16N4O2/c19-14(17-5-1-8-20-9-7-17)12-2-3-16-13(10-12)18-6-4-15-11-18/h2-4,6,10-11H,1,5,7-9H2. The molecule has 1 amide bonds. The number of nitrogens with zero attached hydrogens (tertiary/aromatic N) is 4. The highest BCUT2D eigenvalue weighted by Crippen LogP contribution is 2.11. The molecule has 0 saturated carbocycles. The second-order valence-corrected chi connectivity index (χ2v) is 4.63. The number of amides is 1. The van der Waals surface area contributed by atoms with E-state index in [0.29, 0.717) is 24.5 Å². The van der Waals surface area contributed by atoms with Gasteiger partial charge in [-0.05, 0) is 18.6 Å². The van der Waals surface area contributed by atoms with Crippen molar-refractivity contribution in [3.8, 4) is 5.82 Å². The maximum Gasteiger partial charge on any atom is 0.254 e. The van der Waals surface area contributed by atoms with Crippen LogP contribution in [0.4, 0.5) is 0 Å². The van der Waals surface area contributed by atoms with E-state index in [0.717, 1.165) is 19.6 Å². The minimum Gasteiger partial charge on any atom is -0.380 e. The van der Waals surface area contributed by atoms with Crippen LogP contribution in [0.5, 0.6) is 0 Å². The molecule has 1 fully saturated rings. The average molecular weight is 272 g/mol. The van der Waals surface area contributed by atoms with E-state index >= 15 is 0 Å². The van der Waals surface area contributed by atoms with Crippen LogP contribution in [-0.4, -0.2) is 51.6 Å². The van der Waals surface area contributed by atoms with Crippen molar-refractivity contribution >= 4 is 5.91 Å². The molecule has 0 aliphatic carbocycles. The highest BCUT2D eigenvalue weighted by atomic mass is 16.5. The number of aromatic nitrogens is 3. The normalized spacial score (nSPS) is 15.9. The van der Waals surface area contributed by atoms with Crippen LogP contribution < -0.4 is 0 Å². The van der Waals surface area contributed by atoms with Gasteiger partial charge < -0.3 is 9.64 Å². The summed E-state index contributed by atoms with van der Waals surface area (Å²) in [7, 11) is 0. The summed E-state index contributed by atoms with van der Waals surface area (Å²) in [5.41, 5.74) is 0.644. The monoisotopic (exact) mass is 272 g/mol. The lowest BCUT2D eigenvalue weighted by Crippen LogP contribution is -2.33. The van der Waals surface area contributed by atoms with Crippen molar-refractivity contribution in [2.45, 2.75) is 6.42 Å². The Morgan fingerprint density at radius 2 is 2.20 bits per heavy atom. The molecule has 1 saturated heterocycles. The zero-order valence-corrected chi connectivity index (χ0v) is 11.1. The smallest absolute Gasteiger partial charge is 0.254 e. The lowest BCUT2D eigenvalue weighted by molar-refractivity contribution is 0.0741. The fraction of sp³-hybridized carbons (Fsp3) is 0.357. The molecule has 1 aliphatic heterocycles. The van der Waals surface area contributed by atoms with E-state index < -0.39 is 0 Å². The molecule has 2 aromatic rings. The fourth-order valence-corrected chi connectivity index (χ4v) is 2.22. The van der Waals surface area contributed by atoms with E-state index in [1.165, 1.54) is 0 Å². The molecule has 3 heterocycles.